The second-order valence-electron chi connectivity index (χ2n) is 11.0. The van der Waals surface area contributed by atoms with E-state index in [0.717, 1.165) is 55.8 Å². The normalized spacial score (nSPS) is 29.9. The minimum Gasteiger partial charge on any atom is -0.444 e. The number of rotatable bonds is 6. The Hall–Kier alpha value is -1.40. The Labute approximate surface area is 200 Å². The highest BCUT2D eigenvalue weighted by Crippen LogP contribution is 2.58. The van der Waals surface area contributed by atoms with Gasteiger partial charge in [-0.2, -0.15) is 0 Å². The predicted octanol–water partition coefficient (Wildman–Crippen LogP) is 6.03. The van der Waals surface area contributed by atoms with Gasteiger partial charge in [-0.1, -0.05) is 28.1 Å². The lowest BCUT2D eigenvalue weighted by Gasteiger charge is -2.53. The summed E-state index contributed by atoms with van der Waals surface area (Å²) < 4.78 is 12.5. The summed E-state index contributed by atoms with van der Waals surface area (Å²) in [7, 11) is 0. The fraction of sp³-hybridized carbons (Fsp3) is 0.692. The minimum atomic E-state index is -0.506. The number of carbonyl (C=O) groups is 2. The number of benzene rings is 1. The number of amides is 1. The maximum Gasteiger partial charge on any atom is 0.410 e. The van der Waals surface area contributed by atoms with Crippen LogP contribution in [0.25, 0.3) is 0 Å². The Morgan fingerprint density at radius 1 is 1.06 bits per heavy atom. The van der Waals surface area contributed by atoms with Crippen LogP contribution in [-0.2, 0) is 19.7 Å². The van der Waals surface area contributed by atoms with Gasteiger partial charge >= 0.3 is 6.09 Å². The van der Waals surface area contributed by atoms with E-state index in [1.807, 2.05) is 20.8 Å². The molecular formula is C26H36BrNO4. The molecule has 1 atom stereocenters. The average molecular weight is 506 g/mol. The van der Waals surface area contributed by atoms with Gasteiger partial charge in [-0.05, 0) is 95.2 Å². The lowest BCUT2D eigenvalue weighted by atomic mass is 9.51. The number of hydrogen-bond donors (Lipinski definition) is 0. The molecular weight excluding hydrogens is 470 g/mol. The lowest BCUT2D eigenvalue weighted by Crippen LogP contribution is -2.49. The number of ether oxygens (including phenoxy) is 2. The first-order chi connectivity index (χ1) is 15.1. The third-order valence-electron chi connectivity index (χ3n) is 7.84. The summed E-state index contributed by atoms with van der Waals surface area (Å²) in [5.41, 5.74) is 0.938. The van der Waals surface area contributed by atoms with Crippen LogP contribution in [-0.4, -0.2) is 48.2 Å². The SMILES string of the molecule is CC(C)(C)OC(=O)N1CCC[C@H]1COCC(=O)C12CCC(c3ccc(Br)cc3)(CC1)CC2. The molecule has 5 rings (SSSR count). The van der Waals surface area contributed by atoms with E-state index in [1.54, 1.807) is 4.90 Å². The van der Waals surface area contributed by atoms with E-state index in [-0.39, 0.29) is 35.4 Å². The van der Waals surface area contributed by atoms with Crippen LogP contribution in [0.2, 0.25) is 0 Å². The fourth-order valence-electron chi connectivity index (χ4n) is 5.85. The maximum atomic E-state index is 13.2. The minimum absolute atomic E-state index is 0.00193. The summed E-state index contributed by atoms with van der Waals surface area (Å²) in [4.78, 5) is 27.4. The van der Waals surface area contributed by atoms with Crippen LogP contribution in [0.4, 0.5) is 4.79 Å². The van der Waals surface area contributed by atoms with E-state index in [9.17, 15) is 9.59 Å². The topological polar surface area (TPSA) is 55.8 Å². The molecule has 3 aliphatic carbocycles. The van der Waals surface area contributed by atoms with Crippen molar-refractivity contribution in [2.24, 2.45) is 5.41 Å². The third kappa shape index (κ3) is 4.91. The van der Waals surface area contributed by atoms with Crippen LogP contribution in [0.3, 0.4) is 0 Å². The number of fused-ring (bicyclic) bond motifs is 3. The highest BCUT2D eigenvalue weighted by Gasteiger charge is 2.52. The van der Waals surface area contributed by atoms with Gasteiger partial charge in [0.2, 0.25) is 0 Å². The number of carbonyl (C=O) groups excluding carboxylic acids is 2. The van der Waals surface area contributed by atoms with Crippen molar-refractivity contribution >= 4 is 27.8 Å². The first-order valence-corrected chi connectivity index (χ1v) is 12.8. The zero-order chi connectivity index (χ0) is 23.0. The highest BCUT2D eigenvalue weighted by molar-refractivity contribution is 9.10. The molecule has 0 unspecified atom stereocenters. The van der Waals surface area contributed by atoms with Gasteiger partial charge in [-0.25, -0.2) is 4.79 Å². The van der Waals surface area contributed by atoms with Gasteiger partial charge in [0.05, 0.1) is 12.6 Å². The van der Waals surface area contributed by atoms with Gasteiger partial charge in [0.1, 0.15) is 12.2 Å². The number of halogens is 1. The van der Waals surface area contributed by atoms with E-state index in [0.29, 0.717) is 13.2 Å². The Morgan fingerprint density at radius 2 is 1.69 bits per heavy atom. The van der Waals surface area contributed by atoms with Gasteiger partial charge in [0.25, 0.3) is 0 Å². The Kier molecular flexibility index (Phi) is 6.75. The standard InChI is InChI=1S/C26H36BrNO4/c1-24(2,3)32-23(30)28-16-4-5-21(28)17-31-18-22(29)26-13-10-25(11-14-26,12-15-26)19-6-8-20(27)9-7-19/h6-9,21H,4-5,10-18H2,1-3H3/t21-,25?,26?/m0/s1. The van der Waals surface area contributed by atoms with E-state index < -0.39 is 5.60 Å². The van der Waals surface area contributed by atoms with Crippen molar-refractivity contribution in [3.8, 4) is 0 Å². The number of nitrogens with zero attached hydrogens (tertiary/aromatic N) is 1. The summed E-state index contributed by atoms with van der Waals surface area (Å²) >= 11 is 3.53. The van der Waals surface area contributed by atoms with Crippen molar-refractivity contribution in [3.05, 3.63) is 34.3 Å². The molecule has 1 aliphatic heterocycles. The summed E-state index contributed by atoms with van der Waals surface area (Å²) in [5.74, 6) is 0.253. The monoisotopic (exact) mass is 505 g/mol. The number of likely N-dealkylation sites (tertiary alicyclic amines) is 1. The van der Waals surface area contributed by atoms with E-state index in [2.05, 4.69) is 40.2 Å². The molecule has 4 fully saturated rings. The summed E-state index contributed by atoms with van der Waals surface area (Å²) in [6.45, 7) is 6.89. The van der Waals surface area contributed by atoms with Crippen molar-refractivity contribution in [1.29, 1.82) is 0 Å². The molecule has 0 spiro atoms. The first kappa shape index (κ1) is 23.7. The second-order valence-corrected chi connectivity index (χ2v) is 11.9. The van der Waals surface area contributed by atoms with Crippen molar-refractivity contribution in [1.82, 2.24) is 4.90 Å². The number of hydrogen-bond acceptors (Lipinski definition) is 4. The van der Waals surface area contributed by atoms with E-state index in [4.69, 9.17) is 9.47 Å². The largest absolute Gasteiger partial charge is 0.444 e. The lowest BCUT2D eigenvalue weighted by molar-refractivity contribution is -0.140. The molecule has 176 valence electrons. The Balaban J connectivity index is 1.28. The molecule has 3 saturated carbocycles. The number of ketones is 1. The molecule has 32 heavy (non-hydrogen) atoms. The van der Waals surface area contributed by atoms with E-state index in [1.165, 1.54) is 5.56 Å². The smallest absolute Gasteiger partial charge is 0.410 e. The predicted molar refractivity (Wildman–Crippen MR) is 128 cm³/mol. The van der Waals surface area contributed by atoms with Gasteiger partial charge < -0.3 is 14.4 Å². The Bertz CT molecular complexity index is 820. The van der Waals surface area contributed by atoms with Crippen molar-refractivity contribution in [3.63, 3.8) is 0 Å². The fourth-order valence-corrected chi connectivity index (χ4v) is 6.12. The first-order valence-electron chi connectivity index (χ1n) is 12.0. The molecule has 5 nitrogen and oxygen atoms in total. The van der Waals surface area contributed by atoms with Crippen LogP contribution in [0.5, 0.6) is 0 Å². The molecule has 1 aromatic rings. The summed E-state index contributed by atoms with van der Waals surface area (Å²) in [6.07, 6.45) is 7.67. The molecule has 1 aromatic carbocycles. The average Bonchev–Trinajstić information content (AvgIpc) is 3.23. The van der Waals surface area contributed by atoms with Crippen LogP contribution in [0.15, 0.2) is 28.7 Å². The van der Waals surface area contributed by atoms with Crippen LogP contribution in [0, 0.1) is 5.41 Å². The van der Waals surface area contributed by atoms with Crippen LogP contribution >= 0.6 is 15.9 Å². The summed E-state index contributed by atoms with van der Waals surface area (Å²) in [6, 6.07) is 8.74. The van der Waals surface area contributed by atoms with Crippen molar-refractivity contribution < 1.29 is 19.1 Å². The summed E-state index contributed by atoms with van der Waals surface area (Å²) in [5, 5.41) is 0. The van der Waals surface area contributed by atoms with Crippen LogP contribution < -0.4 is 0 Å². The molecule has 1 heterocycles. The zero-order valence-corrected chi connectivity index (χ0v) is 21.2. The molecule has 0 radical (unpaired) electrons. The molecule has 0 N–H and O–H groups in total. The van der Waals surface area contributed by atoms with Gasteiger partial charge in [0.15, 0.2) is 5.78 Å². The molecule has 4 aliphatic rings. The zero-order valence-electron chi connectivity index (χ0n) is 19.6. The molecule has 1 amide bonds. The van der Waals surface area contributed by atoms with Crippen LogP contribution in [0.1, 0.15) is 77.7 Å². The molecule has 2 bridgehead atoms. The number of Topliss-reactive ketones (excluding diaryl/α,β-unsaturated/α-hetero) is 1. The van der Waals surface area contributed by atoms with E-state index >= 15 is 0 Å². The molecule has 6 heteroatoms. The maximum absolute atomic E-state index is 13.2. The Morgan fingerprint density at radius 3 is 2.28 bits per heavy atom. The van der Waals surface area contributed by atoms with Crippen molar-refractivity contribution in [2.75, 3.05) is 19.8 Å². The molecule has 1 saturated heterocycles. The highest BCUT2D eigenvalue weighted by atomic mass is 79.9. The second kappa shape index (κ2) is 9.09. The van der Waals surface area contributed by atoms with Gasteiger partial charge in [0, 0.05) is 16.4 Å². The van der Waals surface area contributed by atoms with Gasteiger partial charge in [-0.15, -0.1) is 0 Å². The van der Waals surface area contributed by atoms with Gasteiger partial charge in [-0.3, -0.25) is 4.79 Å². The van der Waals surface area contributed by atoms with Crippen molar-refractivity contribution in [2.45, 2.75) is 89.2 Å². The molecule has 0 aromatic heterocycles. The third-order valence-corrected chi connectivity index (χ3v) is 8.37. The quantitative estimate of drug-likeness (QED) is 0.473.